The van der Waals surface area contributed by atoms with Gasteiger partial charge in [0.25, 0.3) is 0 Å². The fourth-order valence-electron chi connectivity index (χ4n) is 1.26. The lowest BCUT2D eigenvalue weighted by molar-refractivity contribution is 0.810. The van der Waals surface area contributed by atoms with Gasteiger partial charge in [-0.1, -0.05) is 51.0 Å². The highest BCUT2D eigenvalue weighted by atomic mass is 14.0. The maximum Gasteiger partial charge on any atom is -0.0285 e. The molecule has 0 bridgehead atoms. The third-order valence-corrected chi connectivity index (χ3v) is 1.79. The SMILES string of the molecule is CC(=C\C(C)C)/C(C)=C/C(C)C. The van der Waals surface area contributed by atoms with Gasteiger partial charge >= 0.3 is 0 Å². The van der Waals surface area contributed by atoms with E-state index in [1.165, 1.54) is 11.1 Å². The van der Waals surface area contributed by atoms with E-state index in [0.717, 1.165) is 0 Å². The van der Waals surface area contributed by atoms with Crippen LogP contribution in [-0.4, -0.2) is 0 Å². The molecule has 0 aliphatic rings. The average molecular weight is 166 g/mol. The largest absolute Gasteiger partial charge is 0.0788 e. The van der Waals surface area contributed by atoms with Crippen LogP contribution >= 0.6 is 0 Å². The van der Waals surface area contributed by atoms with Gasteiger partial charge in [-0.05, 0) is 25.7 Å². The fourth-order valence-corrected chi connectivity index (χ4v) is 1.26. The van der Waals surface area contributed by atoms with Gasteiger partial charge in [0.1, 0.15) is 0 Å². The van der Waals surface area contributed by atoms with Gasteiger partial charge in [-0.15, -0.1) is 0 Å². The molecule has 0 fully saturated rings. The molecule has 0 aliphatic heterocycles. The minimum atomic E-state index is 0.653. The van der Waals surface area contributed by atoms with Crippen molar-refractivity contribution >= 4 is 0 Å². The fraction of sp³-hybridized carbons (Fsp3) is 0.667. The minimum Gasteiger partial charge on any atom is -0.0788 e. The second kappa shape index (κ2) is 5.18. The van der Waals surface area contributed by atoms with Crippen LogP contribution in [0.5, 0.6) is 0 Å². The standard InChI is InChI=1S/C12H22/c1-9(2)7-11(5)12(6)8-10(3)4/h7-10H,1-6H3/b11-7+,12-8+. The van der Waals surface area contributed by atoms with Gasteiger partial charge < -0.3 is 0 Å². The van der Waals surface area contributed by atoms with Crippen LogP contribution in [0.4, 0.5) is 0 Å². The summed E-state index contributed by atoms with van der Waals surface area (Å²) in [4.78, 5) is 0. The Bertz CT molecular complexity index is 158. The van der Waals surface area contributed by atoms with E-state index in [4.69, 9.17) is 0 Å². The van der Waals surface area contributed by atoms with Crippen LogP contribution in [0, 0.1) is 11.8 Å². The molecule has 0 saturated heterocycles. The molecule has 0 heteroatoms. The summed E-state index contributed by atoms with van der Waals surface area (Å²) in [7, 11) is 0. The quantitative estimate of drug-likeness (QED) is 0.551. The summed E-state index contributed by atoms with van der Waals surface area (Å²) in [6.45, 7) is 13.2. The molecule has 0 aliphatic carbocycles. The van der Waals surface area contributed by atoms with Crippen molar-refractivity contribution in [3.63, 3.8) is 0 Å². The Hall–Kier alpha value is -0.520. The number of hydrogen-bond donors (Lipinski definition) is 0. The van der Waals surface area contributed by atoms with Crippen molar-refractivity contribution < 1.29 is 0 Å². The van der Waals surface area contributed by atoms with Crippen molar-refractivity contribution in [3.8, 4) is 0 Å². The average Bonchev–Trinajstić information content (AvgIpc) is 1.84. The van der Waals surface area contributed by atoms with E-state index in [2.05, 4.69) is 53.7 Å². The molecular weight excluding hydrogens is 144 g/mol. The summed E-state index contributed by atoms with van der Waals surface area (Å²) in [5.74, 6) is 1.31. The van der Waals surface area contributed by atoms with E-state index in [1.54, 1.807) is 0 Å². The van der Waals surface area contributed by atoms with Crippen LogP contribution in [0.25, 0.3) is 0 Å². The van der Waals surface area contributed by atoms with Crippen LogP contribution in [0.2, 0.25) is 0 Å². The summed E-state index contributed by atoms with van der Waals surface area (Å²) in [5.41, 5.74) is 2.83. The molecule has 0 aromatic rings. The predicted molar refractivity (Wildman–Crippen MR) is 57.2 cm³/mol. The molecule has 0 amide bonds. The lowest BCUT2D eigenvalue weighted by Gasteiger charge is -2.05. The minimum absolute atomic E-state index is 0.653. The van der Waals surface area contributed by atoms with Crippen molar-refractivity contribution in [1.82, 2.24) is 0 Å². The van der Waals surface area contributed by atoms with E-state index in [-0.39, 0.29) is 0 Å². The molecule has 0 spiro atoms. The Labute approximate surface area is 77.4 Å². The van der Waals surface area contributed by atoms with Gasteiger partial charge in [-0.2, -0.15) is 0 Å². The molecular formula is C12H22. The van der Waals surface area contributed by atoms with Crippen molar-refractivity contribution in [2.45, 2.75) is 41.5 Å². The Balaban J connectivity index is 4.38. The van der Waals surface area contributed by atoms with Crippen molar-refractivity contribution in [2.24, 2.45) is 11.8 Å². The highest BCUT2D eigenvalue weighted by Gasteiger charge is 1.96. The van der Waals surface area contributed by atoms with Gasteiger partial charge in [-0.25, -0.2) is 0 Å². The third kappa shape index (κ3) is 5.17. The van der Waals surface area contributed by atoms with Crippen molar-refractivity contribution in [3.05, 3.63) is 23.3 Å². The normalized spacial score (nSPS) is 14.7. The van der Waals surface area contributed by atoms with Gasteiger partial charge in [0.2, 0.25) is 0 Å². The van der Waals surface area contributed by atoms with Gasteiger partial charge in [0.05, 0.1) is 0 Å². The lowest BCUT2D eigenvalue weighted by atomic mass is 10.0. The first-order valence-corrected chi connectivity index (χ1v) is 4.80. The van der Waals surface area contributed by atoms with Crippen LogP contribution < -0.4 is 0 Å². The van der Waals surface area contributed by atoms with Crippen molar-refractivity contribution in [1.29, 1.82) is 0 Å². The predicted octanol–water partition coefficient (Wildman–Crippen LogP) is 4.19. The molecule has 0 heterocycles. The summed E-state index contributed by atoms with van der Waals surface area (Å²) in [6.07, 6.45) is 4.63. The van der Waals surface area contributed by atoms with Gasteiger partial charge in [-0.3, -0.25) is 0 Å². The summed E-state index contributed by atoms with van der Waals surface area (Å²) in [5, 5.41) is 0. The van der Waals surface area contributed by atoms with Crippen LogP contribution in [0.1, 0.15) is 41.5 Å². The molecule has 0 atom stereocenters. The Morgan fingerprint density at radius 1 is 0.750 bits per heavy atom. The first-order chi connectivity index (χ1) is 5.43. The molecule has 0 aromatic carbocycles. The molecule has 0 radical (unpaired) electrons. The van der Waals surface area contributed by atoms with Crippen molar-refractivity contribution in [2.75, 3.05) is 0 Å². The van der Waals surface area contributed by atoms with E-state index in [0.29, 0.717) is 11.8 Å². The Kier molecular flexibility index (Phi) is 4.96. The van der Waals surface area contributed by atoms with Gasteiger partial charge in [0.15, 0.2) is 0 Å². The summed E-state index contributed by atoms with van der Waals surface area (Å²) < 4.78 is 0. The smallest absolute Gasteiger partial charge is 0.0285 e. The maximum absolute atomic E-state index is 2.31. The highest BCUT2D eigenvalue weighted by Crippen LogP contribution is 2.13. The Morgan fingerprint density at radius 3 is 1.17 bits per heavy atom. The maximum atomic E-state index is 2.31. The molecule has 12 heavy (non-hydrogen) atoms. The molecule has 0 aromatic heterocycles. The van der Waals surface area contributed by atoms with E-state index in [9.17, 15) is 0 Å². The molecule has 0 nitrogen and oxygen atoms in total. The summed E-state index contributed by atoms with van der Waals surface area (Å²) >= 11 is 0. The summed E-state index contributed by atoms with van der Waals surface area (Å²) in [6, 6.07) is 0. The molecule has 0 unspecified atom stereocenters. The number of rotatable bonds is 3. The van der Waals surface area contributed by atoms with E-state index >= 15 is 0 Å². The number of hydrogen-bond acceptors (Lipinski definition) is 0. The first kappa shape index (κ1) is 11.5. The highest BCUT2D eigenvalue weighted by molar-refractivity contribution is 5.27. The van der Waals surface area contributed by atoms with Gasteiger partial charge in [0, 0.05) is 0 Å². The van der Waals surface area contributed by atoms with E-state index in [1.807, 2.05) is 0 Å². The van der Waals surface area contributed by atoms with Crippen LogP contribution in [-0.2, 0) is 0 Å². The second-order valence-corrected chi connectivity index (χ2v) is 4.19. The number of allylic oxidation sites excluding steroid dienone is 4. The monoisotopic (exact) mass is 166 g/mol. The lowest BCUT2D eigenvalue weighted by Crippen LogP contribution is -1.88. The zero-order valence-electron chi connectivity index (χ0n) is 9.31. The molecule has 70 valence electrons. The Morgan fingerprint density at radius 2 is 1.00 bits per heavy atom. The van der Waals surface area contributed by atoms with E-state index < -0.39 is 0 Å². The molecule has 0 N–H and O–H groups in total. The van der Waals surface area contributed by atoms with Crippen LogP contribution in [0.3, 0.4) is 0 Å². The zero-order valence-corrected chi connectivity index (χ0v) is 9.31. The van der Waals surface area contributed by atoms with Crippen LogP contribution in [0.15, 0.2) is 23.3 Å². The third-order valence-electron chi connectivity index (χ3n) is 1.79. The second-order valence-electron chi connectivity index (χ2n) is 4.19. The first-order valence-electron chi connectivity index (χ1n) is 4.80. The molecule has 0 saturated carbocycles. The zero-order chi connectivity index (χ0) is 9.72. The molecule has 0 rings (SSSR count). The topological polar surface area (TPSA) is 0 Å².